The van der Waals surface area contributed by atoms with Crippen molar-refractivity contribution in [2.45, 2.75) is 12.8 Å². The van der Waals surface area contributed by atoms with Gasteiger partial charge in [-0.1, -0.05) is 0 Å². The van der Waals surface area contributed by atoms with Crippen molar-refractivity contribution in [2.75, 3.05) is 18.8 Å². The molecule has 0 unspecified atom stereocenters. The number of carbonyl (C=O) groups is 2. The SMILES string of the molecule is Cn1ncc(C(=O)N2CCCC2)c1C(=O)O.Nc1ccc2nc(-c3cccnc3)nn2c1. The van der Waals surface area contributed by atoms with Gasteiger partial charge in [0, 0.05) is 38.1 Å². The number of anilines is 1. The van der Waals surface area contributed by atoms with E-state index < -0.39 is 5.97 Å². The highest BCUT2D eigenvalue weighted by Gasteiger charge is 2.26. The number of aromatic carboxylic acids is 1. The molecule has 11 heteroatoms. The molecule has 4 aromatic heterocycles. The van der Waals surface area contributed by atoms with Crippen LogP contribution in [0.2, 0.25) is 0 Å². The first kappa shape index (κ1) is 21.0. The van der Waals surface area contributed by atoms with Crippen LogP contribution >= 0.6 is 0 Å². The molecule has 0 aliphatic carbocycles. The van der Waals surface area contributed by atoms with E-state index in [1.165, 1.54) is 17.9 Å². The highest BCUT2D eigenvalue weighted by Crippen LogP contribution is 2.16. The number of aromatic nitrogens is 6. The van der Waals surface area contributed by atoms with Crippen molar-refractivity contribution in [1.29, 1.82) is 0 Å². The van der Waals surface area contributed by atoms with Crippen LogP contribution < -0.4 is 5.73 Å². The molecule has 0 spiro atoms. The van der Waals surface area contributed by atoms with E-state index in [4.69, 9.17) is 10.8 Å². The average molecular weight is 434 g/mol. The van der Waals surface area contributed by atoms with Gasteiger partial charge in [0.15, 0.2) is 17.2 Å². The molecule has 0 aromatic carbocycles. The number of carboxylic acids is 1. The Morgan fingerprint density at radius 2 is 1.91 bits per heavy atom. The fraction of sp³-hybridized carbons (Fsp3) is 0.238. The summed E-state index contributed by atoms with van der Waals surface area (Å²) in [6.07, 6.45) is 8.48. The Labute approximate surface area is 183 Å². The Kier molecular flexibility index (Phi) is 5.79. The van der Waals surface area contributed by atoms with Crippen molar-refractivity contribution in [3.63, 3.8) is 0 Å². The van der Waals surface area contributed by atoms with Crippen LogP contribution in [0.3, 0.4) is 0 Å². The third kappa shape index (κ3) is 4.26. The third-order valence-electron chi connectivity index (χ3n) is 5.04. The van der Waals surface area contributed by atoms with Crippen molar-refractivity contribution < 1.29 is 14.7 Å². The smallest absolute Gasteiger partial charge is 0.354 e. The van der Waals surface area contributed by atoms with Gasteiger partial charge < -0.3 is 15.7 Å². The van der Waals surface area contributed by atoms with Gasteiger partial charge in [-0.2, -0.15) is 5.10 Å². The molecule has 1 amide bonds. The maximum absolute atomic E-state index is 12.0. The van der Waals surface area contributed by atoms with Crippen molar-refractivity contribution in [3.05, 3.63) is 60.3 Å². The molecule has 0 atom stereocenters. The maximum atomic E-state index is 12.0. The first-order valence-corrected chi connectivity index (χ1v) is 10.0. The molecule has 5 rings (SSSR count). The zero-order valence-corrected chi connectivity index (χ0v) is 17.4. The van der Waals surface area contributed by atoms with Gasteiger partial charge >= 0.3 is 5.97 Å². The Balaban J connectivity index is 0.000000153. The number of hydrogen-bond donors (Lipinski definition) is 2. The van der Waals surface area contributed by atoms with Crippen molar-refractivity contribution in [1.82, 2.24) is 34.3 Å². The standard InChI is InChI=1S/C11H9N5.C10H13N3O3/c12-9-3-4-10-14-11(15-16(10)7-9)8-2-1-5-13-6-8;1-12-8(10(15)16)7(6-11-12)9(14)13-4-2-3-5-13/h1-7H,12H2;6H,2-5H2,1H3,(H,15,16). The molecule has 1 fully saturated rings. The number of nitrogen functional groups attached to an aromatic ring is 1. The molecular formula is C21H22N8O3. The monoisotopic (exact) mass is 434 g/mol. The Hall–Kier alpha value is -4.28. The zero-order chi connectivity index (χ0) is 22.7. The largest absolute Gasteiger partial charge is 0.477 e. The summed E-state index contributed by atoms with van der Waals surface area (Å²) in [5, 5.41) is 17.1. The lowest BCUT2D eigenvalue weighted by Crippen LogP contribution is -2.29. The molecule has 11 nitrogen and oxygen atoms in total. The minimum Gasteiger partial charge on any atom is -0.477 e. The van der Waals surface area contributed by atoms with Crippen LogP contribution in [0.15, 0.2) is 49.1 Å². The summed E-state index contributed by atoms with van der Waals surface area (Å²) in [7, 11) is 1.52. The first-order chi connectivity index (χ1) is 15.4. The van der Waals surface area contributed by atoms with Crippen molar-refractivity contribution in [3.8, 4) is 11.4 Å². The second-order valence-electron chi connectivity index (χ2n) is 7.28. The lowest BCUT2D eigenvalue weighted by atomic mass is 10.2. The van der Waals surface area contributed by atoms with Crippen LogP contribution in [0, 0.1) is 0 Å². The summed E-state index contributed by atoms with van der Waals surface area (Å²) in [5.41, 5.74) is 8.13. The molecule has 0 bridgehead atoms. The number of likely N-dealkylation sites (tertiary alicyclic amines) is 1. The van der Waals surface area contributed by atoms with Gasteiger partial charge in [-0.25, -0.2) is 14.3 Å². The fourth-order valence-electron chi connectivity index (χ4n) is 3.45. The second-order valence-corrected chi connectivity index (χ2v) is 7.28. The normalized spacial score (nSPS) is 13.1. The van der Waals surface area contributed by atoms with E-state index >= 15 is 0 Å². The molecule has 5 heterocycles. The number of hydrogen-bond acceptors (Lipinski definition) is 7. The van der Waals surface area contributed by atoms with Crippen molar-refractivity contribution in [2.24, 2.45) is 7.05 Å². The van der Waals surface area contributed by atoms with Gasteiger partial charge in [0.1, 0.15) is 0 Å². The quantitative estimate of drug-likeness (QED) is 0.496. The molecule has 164 valence electrons. The highest BCUT2D eigenvalue weighted by molar-refractivity contribution is 6.03. The molecule has 1 saturated heterocycles. The van der Waals surface area contributed by atoms with E-state index in [9.17, 15) is 9.59 Å². The average Bonchev–Trinajstić information content (AvgIpc) is 3.53. The number of pyridine rings is 2. The predicted molar refractivity (Wildman–Crippen MR) is 116 cm³/mol. The van der Waals surface area contributed by atoms with Gasteiger partial charge in [-0.3, -0.25) is 14.5 Å². The topological polar surface area (TPSA) is 145 Å². The summed E-state index contributed by atoms with van der Waals surface area (Å²) in [6.45, 7) is 1.40. The van der Waals surface area contributed by atoms with E-state index in [2.05, 4.69) is 20.2 Å². The summed E-state index contributed by atoms with van der Waals surface area (Å²) in [4.78, 5) is 33.1. The first-order valence-electron chi connectivity index (χ1n) is 10.0. The molecule has 32 heavy (non-hydrogen) atoms. The fourth-order valence-corrected chi connectivity index (χ4v) is 3.45. The minimum atomic E-state index is -1.12. The summed E-state index contributed by atoms with van der Waals surface area (Å²) in [6, 6.07) is 7.42. The zero-order valence-electron chi connectivity index (χ0n) is 17.4. The number of amides is 1. The number of fused-ring (bicyclic) bond motifs is 1. The van der Waals surface area contributed by atoms with Crippen LogP contribution in [-0.4, -0.2) is 64.3 Å². The van der Waals surface area contributed by atoms with E-state index in [1.807, 2.05) is 18.2 Å². The van der Waals surface area contributed by atoms with Gasteiger partial charge in [0.25, 0.3) is 5.91 Å². The Morgan fingerprint density at radius 1 is 1.12 bits per heavy atom. The molecule has 0 saturated carbocycles. The summed E-state index contributed by atoms with van der Waals surface area (Å²) in [5.74, 6) is -0.704. The Morgan fingerprint density at radius 3 is 2.59 bits per heavy atom. The third-order valence-corrected chi connectivity index (χ3v) is 5.04. The van der Waals surface area contributed by atoms with Gasteiger partial charge in [0.05, 0.1) is 23.6 Å². The number of nitrogens with two attached hydrogens (primary N) is 1. The summed E-state index contributed by atoms with van der Waals surface area (Å²) < 4.78 is 2.88. The Bertz CT molecular complexity index is 1260. The highest BCUT2D eigenvalue weighted by atomic mass is 16.4. The molecule has 0 radical (unpaired) electrons. The molecule has 4 aromatic rings. The number of rotatable bonds is 3. The molecule has 3 N–H and O–H groups in total. The lowest BCUT2D eigenvalue weighted by Gasteiger charge is -2.14. The van der Waals surface area contributed by atoms with Gasteiger partial charge in [0.2, 0.25) is 0 Å². The van der Waals surface area contributed by atoms with Crippen LogP contribution in [0.4, 0.5) is 5.69 Å². The van der Waals surface area contributed by atoms with E-state index in [0.29, 0.717) is 24.6 Å². The van der Waals surface area contributed by atoms with Crippen LogP contribution in [0.25, 0.3) is 17.0 Å². The maximum Gasteiger partial charge on any atom is 0.354 e. The lowest BCUT2D eigenvalue weighted by molar-refractivity contribution is 0.0670. The van der Waals surface area contributed by atoms with Crippen molar-refractivity contribution >= 4 is 23.2 Å². The number of carboxylic acid groups (broad SMARTS) is 1. The van der Waals surface area contributed by atoms with E-state index in [1.54, 1.807) is 34.1 Å². The van der Waals surface area contributed by atoms with E-state index in [0.717, 1.165) is 24.1 Å². The van der Waals surface area contributed by atoms with Crippen LogP contribution in [-0.2, 0) is 7.05 Å². The number of nitrogens with zero attached hydrogens (tertiary/aromatic N) is 7. The van der Waals surface area contributed by atoms with Crippen LogP contribution in [0.5, 0.6) is 0 Å². The number of aryl methyl sites for hydroxylation is 1. The number of carbonyl (C=O) groups excluding carboxylic acids is 1. The second kappa shape index (κ2) is 8.84. The molecule has 1 aliphatic heterocycles. The molecular weight excluding hydrogens is 412 g/mol. The van der Waals surface area contributed by atoms with E-state index in [-0.39, 0.29) is 17.2 Å². The minimum absolute atomic E-state index is 0.0445. The van der Waals surface area contributed by atoms with Crippen LogP contribution in [0.1, 0.15) is 33.7 Å². The van der Waals surface area contributed by atoms with Gasteiger partial charge in [-0.05, 0) is 37.1 Å². The summed E-state index contributed by atoms with van der Waals surface area (Å²) >= 11 is 0. The predicted octanol–water partition coefficient (Wildman–Crippen LogP) is 1.73. The van der Waals surface area contributed by atoms with Gasteiger partial charge in [-0.15, -0.1) is 5.10 Å². The molecule has 1 aliphatic rings.